The molecule has 1 saturated carbocycles. The van der Waals surface area contributed by atoms with E-state index in [1.54, 1.807) is 24.3 Å². The Hall–Kier alpha value is -2.38. The molecular formula is C27H38N2O4S. The van der Waals surface area contributed by atoms with Crippen molar-refractivity contribution < 1.29 is 17.9 Å². The van der Waals surface area contributed by atoms with Gasteiger partial charge < -0.3 is 10.1 Å². The average molecular weight is 487 g/mol. The number of amides is 1. The van der Waals surface area contributed by atoms with Gasteiger partial charge in [0.25, 0.3) is 0 Å². The summed E-state index contributed by atoms with van der Waals surface area (Å²) in [4.78, 5) is 13.3. The fourth-order valence-corrected chi connectivity index (χ4v) is 6.39. The highest BCUT2D eigenvalue weighted by Gasteiger charge is 2.34. The van der Waals surface area contributed by atoms with Crippen LogP contribution in [0.3, 0.4) is 0 Å². The Balaban J connectivity index is 1.82. The highest BCUT2D eigenvalue weighted by Crippen LogP contribution is 2.29. The van der Waals surface area contributed by atoms with Gasteiger partial charge in [-0.3, -0.25) is 4.79 Å². The summed E-state index contributed by atoms with van der Waals surface area (Å²) in [6.07, 6.45) is 4.59. The summed E-state index contributed by atoms with van der Waals surface area (Å²) >= 11 is 0. The number of hydrogen-bond acceptors (Lipinski definition) is 4. The quantitative estimate of drug-likeness (QED) is 0.528. The first-order chi connectivity index (χ1) is 16.1. The fourth-order valence-electron chi connectivity index (χ4n) is 4.75. The van der Waals surface area contributed by atoms with Crippen molar-refractivity contribution in [1.82, 2.24) is 9.62 Å². The Labute approximate surface area is 204 Å². The van der Waals surface area contributed by atoms with Gasteiger partial charge in [0, 0.05) is 6.04 Å². The lowest BCUT2D eigenvalue weighted by molar-refractivity contribution is -0.122. The number of rotatable bonds is 9. The number of hydrogen-bond donors (Lipinski definition) is 1. The smallest absolute Gasteiger partial charge is 0.243 e. The van der Waals surface area contributed by atoms with Crippen molar-refractivity contribution in [3.05, 3.63) is 58.7 Å². The standard InChI is InChI=1S/C27H38N2O4S/c1-6-33-24-12-14-25(15-13-24)34(31,32)29(23-10-8-7-9-11-23)18-27(30)28-22(5)26-17-20(3)19(2)16-21(26)4/h12-17,22-23H,6-11,18H2,1-5H3,(H,28,30)/t22-/m1/s1. The van der Waals surface area contributed by atoms with Gasteiger partial charge in [0.1, 0.15) is 5.75 Å². The summed E-state index contributed by atoms with van der Waals surface area (Å²) in [5.74, 6) is 0.339. The number of carbonyl (C=O) groups is 1. The summed E-state index contributed by atoms with van der Waals surface area (Å²) in [6, 6.07) is 10.3. The van der Waals surface area contributed by atoms with E-state index in [4.69, 9.17) is 4.74 Å². The van der Waals surface area contributed by atoms with Crippen LogP contribution in [-0.2, 0) is 14.8 Å². The third kappa shape index (κ3) is 6.19. The molecule has 0 aliphatic heterocycles. The van der Waals surface area contributed by atoms with Gasteiger partial charge in [0.2, 0.25) is 15.9 Å². The van der Waals surface area contributed by atoms with E-state index in [2.05, 4.69) is 31.3 Å². The van der Waals surface area contributed by atoms with E-state index >= 15 is 0 Å². The van der Waals surface area contributed by atoms with Crippen LogP contribution in [0.4, 0.5) is 0 Å². The molecule has 3 rings (SSSR count). The molecule has 1 atom stereocenters. The van der Waals surface area contributed by atoms with Gasteiger partial charge in [-0.1, -0.05) is 31.4 Å². The maximum atomic E-state index is 13.6. The minimum absolute atomic E-state index is 0.172. The molecule has 7 heteroatoms. The highest BCUT2D eigenvalue weighted by atomic mass is 32.2. The monoisotopic (exact) mass is 486 g/mol. The second-order valence-electron chi connectivity index (χ2n) is 9.33. The molecule has 2 aromatic rings. The van der Waals surface area contributed by atoms with E-state index in [1.165, 1.54) is 15.4 Å². The Morgan fingerprint density at radius 2 is 1.65 bits per heavy atom. The van der Waals surface area contributed by atoms with E-state index in [-0.39, 0.29) is 29.4 Å². The molecule has 1 aliphatic rings. The van der Waals surface area contributed by atoms with Gasteiger partial charge in [-0.2, -0.15) is 4.31 Å². The van der Waals surface area contributed by atoms with Crippen molar-refractivity contribution in [2.75, 3.05) is 13.2 Å². The SMILES string of the molecule is CCOc1ccc(S(=O)(=O)N(CC(=O)N[C@H](C)c2cc(C)c(C)cc2C)C2CCCCC2)cc1. The lowest BCUT2D eigenvalue weighted by Crippen LogP contribution is -2.47. The molecule has 186 valence electrons. The van der Waals surface area contributed by atoms with Crippen molar-refractivity contribution in [1.29, 1.82) is 0 Å². The summed E-state index contributed by atoms with van der Waals surface area (Å²) in [5.41, 5.74) is 4.55. The largest absolute Gasteiger partial charge is 0.494 e. The van der Waals surface area contributed by atoms with Crippen molar-refractivity contribution in [3.8, 4) is 5.75 Å². The molecule has 1 amide bonds. The molecule has 34 heavy (non-hydrogen) atoms. The molecule has 0 saturated heterocycles. The van der Waals surface area contributed by atoms with Crippen LogP contribution in [0.1, 0.15) is 74.2 Å². The topological polar surface area (TPSA) is 75.7 Å². The maximum Gasteiger partial charge on any atom is 0.243 e. The second-order valence-corrected chi connectivity index (χ2v) is 11.2. The number of sulfonamides is 1. The van der Waals surface area contributed by atoms with Gasteiger partial charge >= 0.3 is 0 Å². The number of carbonyl (C=O) groups excluding carboxylic acids is 1. The van der Waals surface area contributed by atoms with Crippen molar-refractivity contribution in [2.24, 2.45) is 0 Å². The normalized spacial score (nSPS) is 15.8. The minimum atomic E-state index is -3.83. The van der Waals surface area contributed by atoms with Crippen LogP contribution in [0, 0.1) is 20.8 Å². The van der Waals surface area contributed by atoms with E-state index in [0.29, 0.717) is 12.4 Å². The van der Waals surface area contributed by atoms with Gasteiger partial charge in [-0.15, -0.1) is 0 Å². The Morgan fingerprint density at radius 1 is 1.03 bits per heavy atom. The molecule has 0 radical (unpaired) electrons. The first-order valence-electron chi connectivity index (χ1n) is 12.2. The number of nitrogens with zero attached hydrogens (tertiary/aromatic N) is 1. The van der Waals surface area contributed by atoms with Gasteiger partial charge in [0.15, 0.2) is 0 Å². The molecule has 0 unspecified atom stereocenters. The van der Waals surface area contributed by atoms with Gasteiger partial charge in [-0.05, 0) is 94.0 Å². The van der Waals surface area contributed by atoms with Crippen LogP contribution in [0.25, 0.3) is 0 Å². The number of benzene rings is 2. The van der Waals surface area contributed by atoms with Crippen LogP contribution in [0.2, 0.25) is 0 Å². The molecule has 0 spiro atoms. The summed E-state index contributed by atoms with van der Waals surface area (Å²) in [7, 11) is -3.83. The van der Waals surface area contributed by atoms with E-state index in [0.717, 1.165) is 43.2 Å². The zero-order valence-electron chi connectivity index (χ0n) is 21.1. The molecule has 2 aromatic carbocycles. The highest BCUT2D eigenvalue weighted by molar-refractivity contribution is 7.89. The molecule has 1 aliphatic carbocycles. The third-order valence-electron chi connectivity index (χ3n) is 6.75. The predicted octanol–water partition coefficient (Wildman–Crippen LogP) is 5.21. The van der Waals surface area contributed by atoms with Crippen molar-refractivity contribution in [2.45, 2.75) is 83.7 Å². The first-order valence-corrected chi connectivity index (χ1v) is 13.7. The lowest BCUT2D eigenvalue weighted by atomic mass is 9.95. The molecule has 6 nitrogen and oxygen atoms in total. The maximum absolute atomic E-state index is 13.6. The number of nitrogens with one attached hydrogen (secondary N) is 1. The molecule has 0 aromatic heterocycles. The zero-order chi connectivity index (χ0) is 24.9. The molecule has 0 heterocycles. The molecule has 1 fully saturated rings. The fraction of sp³-hybridized carbons (Fsp3) is 0.519. The summed E-state index contributed by atoms with van der Waals surface area (Å²) in [6.45, 7) is 10.3. The van der Waals surface area contributed by atoms with Crippen LogP contribution in [-0.4, -0.2) is 37.8 Å². The van der Waals surface area contributed by atoms with Crippen LogP contribution >= 0.6 is 0 Å². The summed E-state index contributed by atoms with van der Waals surface area (Å²) in [5, 5.41) is 3.04. The van der Waals surface area contributed by atoms with Crippen LogP contribution in [0.15, 0.2) is 41.3 Å². The number of ether oxygens (including phenoxy) is 1. The third-order valence-corrected chi connectivity index (χ3v) is 8.66. The van der Waals surface area contributed by atoms with E-state index in [9.17, 15) is 13.2 Å². The lowest BCUT2D eigenvalue weighted by Gasteiger charge is -2.33. The average Bonchev–Trinajstić information content (AvgIpc) is 2.81. The van der Waals surface area contributed by atoms with Gasteiger partial charge in [0.05, 0.1) is 24.1 Å². The molecule has 1 N–H and O–H groups in total. The Morgan fingerprint density at radius 3 is 2.26 bits per heavy atom. The Kier molecular flexibility index (Phi) is 8.77. The van der Waals surface area contributed by atoms with Crippen LogP contribution in [0.5, 0.6) is 5.75 Å². The van der Waals surface area contributed by atoms with E-state index < -0.39 is 10.0 Å². The zero-order valence-corrected chi connectivity index (χ0v) is 21.9. The van der Waals surface area contributed by atoms with Gasteiger partial charge in [-0.25, -0.2) is 8.42 Å². The van der Waals surface area contributed by atoms with E-state index in [1.807, 2.05) is 20.8 Å². The first kappa shape index (κ1) is 26.2. The van der Waals surface area contributed by atoms with Crippen molar-refractivity contribution in [3.63, 3.8) is 0 Å². The number of aryl methyl sites for hydroxylation is 3. The second kappa shape index (κ2) is 11.4. The minimum Gasteiger partial charge on any atom is -0.494 e. The predicted molar refractivity (Wildman–Crippen MR) is 136 cm³/mol. The molecule has 0 bridgehead atoms. The van der Waals surface area contributed by atoms with Crippen LogP contribution < -0.4 is 10.1 Å². The Bertz CT molecular complexity index is 1090. The van der Waals surface area contributed by atoms with Crippen molar-refractivity contribution >= 4 is 15.9 Å². The summed E-state index contributed by atoms with van der Waals surface area (Å²) < 4.78 is 34.1. The molecular weight excluding hydrogens is 448 g/mol.